The summed E-state index contributed by atoms with van der Waals surface area (Å²) >= 11 is 0. The SMILES string of the molecule is Cc1cccc(-c2nc(CO[C@@H]3CCC[C@H](OCCOc4ccccc4[N+](=O)[O-])C3)c(C)o2)c1. The largest absolute Gasteiger partial charge is 0.484 e. The molecule has 2 atom stereocenters. The summed E-state index contributed by atoms with van der Waals surface area (Å²) in [4.78, 5) is 15.3. The average Bonchev–Trinajstić information content (AvgIpc) is 3.21. The molecule has 4 rings (SSSR count). The summed E-state index contributed by atoms with van der Waals surface area (Å²) < 4.78 is 23.6. The molecular formula is C26H30N2O6. The van der Waals surface area contributed by atoms with Crippen LogP contribution in [0, 0.1) is 24.0 Å². The molecule has 0 radical (unpaired) electrons. The van der Waals surface area contributed by atoms with Gasteiger partial charge in [-0.3, -0.25) is 10.1 Å². The number of aromatic nitrogens is 1. The van der Waals surface area contributed by atoms with Crippen molar-refractivity contribution in [2.45, 2.75) is 58.3 Å². The third-order valence-corrected chi connectivity index (χ3v) is 5.95. The van der Waals surface area contributed by atoms with Crippen LogP contribution in [0.2, 0.25) is 0 Å². The van der Waals surface area contributed by atoms with Crippen molar-refractivity contribution in [1.29, 1.82) is 0 Å². The van der Waals surface area contributed by atoms with Gasteiger partial charge in [-0.15, -0.1) is 0 Å². The summed E-state index contributed by atoms with van der Waals surface area (Å²) in [5.74, 6) is 1.64. The van der Waals surface area contributed by atoms with Crippen molar-refractivity contribution >= 4 is 5.69 Å². The Labute approximate surface area is 199 Å². The van der Waals surface area contributed by atoms with Crippen molar-refractivity contribution in [2.75, 3.05) is 13.2 Å². The first-order chi connectivity index (χ1) is 16.5. The monoisotopic (exact) mass is 466 g/mol. The molecule has 1 saturated carbocycles. The normalized spacial score (nSPS) is 18.1. The van der Waals surface area contributed by atoms with Crippen LogP contribution >= 0.6 is 0 Å². The first-order valence-corrected chi connectivity index (χ1v) is 11.6. The molecule has 0 bridgehead atoms. The van der Waals surface area contributed by atoms with Crippen molar-refractivity contribution in [3.05, 3.63) is 75.7 Å². The predicted molar refractivity (Wildman–Crippen MR) is 127 cm³/mol. The Bertz CT molecular complexity index is 1110. The van der Waals surface area contributed by atoms with Crippen molar-refractivity contribution in [3.63, 3.8) is 0 Å². The molecule has 0 N–H and O–H groups in total. The maximum absolute atomic E-state index is 11.1. The van der Waals surface area contributed by atoms with Gasteiger partial charge in [0.1, 0.15) is 18.1 Å². The number of aryl methyl sites for hydroxylation is 2. The number of ether oxygens (including phenoxy) is 3. The number of rotatable bonds is 10. The second kappa shape index (κ2) is 11.3. The van der Waals surface area contributed by atoms with Gasteiger partial charge in [0.15, 0.2) is 5.75 Å². The van der Waals surface area contributed by atoms with Crippen LogP contribution in [0.1, 0.15) is 42.7 Å². The third kappa shape index (κ3) is 6.21. The van der Waals surface area contributed by atoms with Gasteiger partial charge in [-0.05, 0) is 57.7 Å². The molecule has 8 heteroatoms. The quantitative estimate of drug-likeness (QED) is 0.212. The van der Waals surface area contributed by atoms with Gasteiger partial charge in [0.05, 0.1) is 30.3 Å². The van der Waals surface area contributed by atoms with Crippen LogP contribution in [0.4, 0.5) is 5.69 Å². The van der Waals surface area contributed by atoms with Gasteiger partial charge in [0, 0.05) is 11.6 Å². The van der Waals surface area contributed by atoms with Crippen molar-refractivity contribution < 1.29 is 23.6 Å². The van der Waals surface area contributed by atoms with Crippen LogP contribution in [0.15, 0.2) is 52.9 Å². The second-order valence-corrected chi connectivity index (χ2v) is 8.56. The van der Waals surface area contributed by atoms with Crippen LogP contribution in [0.3, 0.4) is 0 Å². The molecule has 34 heavy (non-hydrogen) atoms. The molecule has 2 aromatic carbocycles. The summed E-state index contributed by atoms with van der Waals surface area (Å²) in [5, 5.41) is 11.1. The molecule has 1 aromatic heterocycles. The zero-order chi connectivity index (χ0) is 23.9. The molecule has 1 aliphatic carbocycles. The maximum atomic E-state index is 11.1. The number of benzene rings is 2. The molecule has 1 aliphatic rings. The van der Waals surface area contributed by atoms with E-state index >= 15 is 0 Å². The van der Waals surface area contributed by atoms with Crippen LogP contribution in [-0.4, -0.2) is 35.3 Å². The van der Waals surface area contributed by atoms with Gasteiger partial charge < -0.3 is 18.6 Å². The van der Waals surface area contributed by atoms with E-state index in [9.17, 15) is 10.1 Å². The molecule has 0 unspecified atom stereocenters. The molecule has 0 amide bonds. The molecule has 8 nitrogen and oxygen atoms in total. The number of oxazole rings is 1. The topological polar surface area (TPSA) is 96.9 Å². The number of hydrogen-bond donors (Lipinski definition) is 0. The summed E-state index contributed by atoms with van der Waals surface area (Å²) in [7, 11) is 0. The van der Waals surface area contributed by atoms with Crippen molar-refractivity contribution in [2.24, 2.45) is 0 Å². The van der Waals surface area contributed by atoms with E-state index in [4.69, 9.17) is 18.6 Å². The van der Waals surface area contributed by atoms with E-state index < -0.39 is 4.92 Å². The van der Waals surface area contributed by atoms with E-state index in [1.54, 1.807) is 18.2 Å². The molecular weight excluding hydrogens is 436 g/mol. The minimum Gasteiger partial charge on any atom is -0.484 e. The Morgan fingerprint density at radius 1 is 1.06 bits per heavy atom. The zero-order valence-corrected chi connectivity index (χ0v) is 19.6. The summed E-state index contributed by atoms with van der Waals surface area (Å²) in [5.41, 5.74) is 2.90. The van der Waals surface area contributed by atoms with E-state index in [1.807, 2.05) is 32.0 Å². The number of hydrogen-bond acceptors (Lipinski definition) is 7. The fourth-order valence-corrected chi connectivity index (χ4v) is 4.16. The van der Waals surface area contributed by atoms with Gasteiger partial charge >= 0.3 is 5.69 Å². The highest BCUT2D eigenvalue weighted by atomic mass is 16.6. The van der Waals surface area contributed by atoms with Crippen LogP contribution in [-0.2, 0) is 16.1 Å². The van der Waals surface area contributed by atoms with Crippen molar-refractivity contribution in [3.8, 4) is 17.2 Å². The standard InChI is InChI=1S/C26H30N2O6/c1-18-7-5-8-20(15-18)26-27-23(19(2)34-26)17-33-22-10-6-9-21(16-22)31-13-14-32-25-12-4-3-11-24(25)28(29)30/h3-5,7-8,11-12,15,21-22H,6,9-10,13-14,16-17H2,1-2H3/t21-,22+/m0/s1. The maximum Gasteiger partial charge on any atom is 0.310 e. The Morgan fingerprint density at radius 2 is 1.85 bits per heavy atom. The van der Waals surface area contributed by atoms with Crippen LogP contribution in [0.5, 0.6) is 5.75 Å². The second-order valence-electron chi connectivity index (χ2n) is 8.56. The fourth-order valence-electron chi connectivity index (χ4n) is 4.16. The molecule has 1 fully saturated rings. The zero-order valence-electron chi connectivity index (χ0n) is 19.6. The van der Waals surface area contributed by atoms with Gasteiger partial charge in [-0.2, -0.15) is 0 Å². The van der Waals surface area contributed by atoms with Crippen LogP contribution < -0.4 is 4.74 Å². The number of para-hydroxylation sites is 2. The van der Waals surface area contributed by atoms with Gasteiger partial charge in [-0.25, -0.2) is 4.98 Å². The van der Waals surface area contributed by atoms with E-state index in [2.05, 4.69) is 11.1 Å². The lowest BCUT2D eigenvalue weighted by Gasteiger charge is -2.29. The first-order valence-electron chi connectivity index (χ1n) is 11.6. The Balaban J connectivity index is 1.23. The summed E-state index contributed by atoms with van der Waals surface area (Å²) in [6.07, 6.45) is 3.93. The van der Waals surface area contributed by atoms with E-state index in [-0.39, 0.29) is 30.3 Å². The minimum absolute atomic E-state index is 0.0395. The van der Waals surface area contributed by atoms with Gasteiger partial charge in [-0.1, -0.05) is 29.8 Å². The number of nitro benzene ring substituents is 1. The third-order valence-electron chi connectivity index (χ3n) is 5.95. The summed E-state index contributed by atoms with van der Waals surface area (Å²) in [6, 6.07) is 14.4. The summed E-state index contributed by atoms with van der Waals surface area (Å²) in [6.45, 7) is 4.98. The smallest absolute Gasteiger partial charge is 0.310 e. The lowest BCUT2D eigenvalue weighted by atomic mass is 9.95. The van der Waals surface area contributed by atoms with E-state index in [1.165, 1.54) is 6.07 Å². The average molecular weight is 467 g/mol. The first kappa shape index (κ1) is 23.9. The molecule has 0 aliphatic heterocycles. The highest BCUT2D eigenvalue weighted by Gasteiger charge is 2.24. The van der Waals surface area contributed by atoms with Gasteiger partial charge in [0.2, 0.25) is 5.89 Å². The van der Waals surface area contributed by atoms with Crippen LogP contribution in [0.25, 0.3) is 11.5 Å². The van der Waals surface area contributed by atoms with Gasteiger partial charge in [0.25, 0.3) is 0 Å². The van der Waals surface area contributed by atoms with E-state index in [0.29, 0.717) is 19.1 Å². The molecule has 0 spiro atoms. The molecule has 1 heterocycles. The highest BCUT2D eigenvalue weighted by molar-refractivity contribution is 5.54. The Kier molecular flexibility index (Phi) is 7.92. The molecule has 3 aromatic rings. The van der Waals surface area contributed by atoms with E-state index in [0.717, 1.165) is 48.3 Å². The lowest BCUT2D eigenvalue weighted by Crippen LogP contribution is -2.29. The number of nitro groups is 1. The lowest BCUT2D eigenvalue weighted by molar-refractivity contribution is -0.385. The Morgan fingerprint density at radius 3 is 2.65 bits per heavy atom. The fraction of sp³-hybridized carbons (Fsp3) is 0.423. The predicted octanol–water partition coefficient (Wildman–Crippen LogP) is 5.79. The molecule has 0 saturated heterocycles. The van der Waals surface area contributed by atoms with Crippen molar-refractivity contribution in [1.82, 2.24) is 4.98 Å². The number of nitrogens with zero attached hydrogens (tertiary/aromatic N) is 2. The minimum atomic E-state index is -0.445. The molecule has 180 valence electrons. The Hall–Kier alpha value is -3.23. The highest BCUT2D eigenvalue weighted by Crippen LogP contribution is 2.28.